The van der Waals surface area contributed by atoms with Gasteiger partial charge >= 0.3 is 6.36 Å². The van der Waals surface area contributed by atoms with E-state index in [0.29, 0.717) is 0 Å². The fraction of sp³-hybridized carbons (Fsp3) is 0.182. The number of rotatable bonds is 4. The highest BCUT2D eigenvalue weighted by molar-refractivity contribution is 5.90. The molecule has 2 aromatic rings. The van der Waals surface area contributed by atoms with Crippen molar-refractivity contribution in [3.8, 4) is 5.75 Å². The molecule has 2 rings (SSSR count). The van der Waals surface area contributed by atoms with Crippen LogP contribution < -0.4 is 10.1 Å². The van der Waals surface area contributed by atoms with E-state index in [-0.39, 0.29) is 17.9 Å². The first-order valence-corrected chi connectivity index (χ1v) is 5.43. The smallest absolute Gasteiger partial charge is 0.405 e. The zero-order valence-corrected chi connectivity index (χ0v) is 9.94. The molecule has 0 spiro atoms. The van der Waals surface area contributed by atoms with Gasteiger partial charge in [-0.25, -0.2) is 5.10 Å². The van der Waals surface area contributed by atoms with Gasteiger partial charge in [-0.3, -0.25) is 10.1 Å². The molecular weight excluding hydrogens is 277 g/mol. The SMILES string of the molecule is O=C(Cc1ccccc1OC(F)(F)F)Nc1ncn[nH]1. The topological polar surface area (TPSA) is 79.9 Å². The predicted molar refractivity (Wildman–Crippen MR) is 61.8 cm³/mol. The normalized spacial score (nSPS) is 11.2. The molecule has 2 N–H and O–H groups in total. The van der Waals surface area contributed by atoms with Gasteiger partial charge in [0, 0.05) is 5.56 Å². The van der Waals surface area contributed by atoms with Crippen molar-refractivity contribution in [1.29, 1.82) is 0 Å². The molecular formula is C11H9F3N4O2. The summed E-state index contributed by atoms with van der Waals surface area (Å²) < 4.78 is 40.5. The second-order valence-corrected chi connectivity index (χ2v) is 3.71. The Balaban J connectivity index is 2.07. The summed E-state index contributed by atoms with van der Waals surface area (Å²) in [5.41, 5.74) is 0.113. The van der Waals surface area contributed by atoms with E-state index in [4.69, 9.17) is 0 Å². The average Bonchev–Trinajstić information content (AvgIpc) is 2.82. The molecule has 0 saturated heterocycles. The van der Waals surface area contributed by atoms with E-state index in [9.17, 15) is 18.0 Å². The third-order valence-corrected chi connectivity index (χ3v) is 2.22. The fourth-order valence-electron chi connectivity index (χ4n) is 1.49. The largest absolute Gasteiger partial charge is 0.573 e. The van der Waals surface area contributed by atoms with Gasteiger partial charge in [0.05, 0.1) is 6.42 Å². The molecule has 1 amide bonds. The van der Waals surface area contributed by atoms with Crippen molar-refractivity contribution in [2.45, 2.75) is 12.8 Å². The van der Waals surface area contributed by atoms with E-state index in [1.165, 1.54) is 24.5 Å². The van der Waals surface area contributed by atoms with E-state index >= 15 is 0 Å². The summed E-state index contributed by atoms with van der Waals surface area (Å²) in [5, 5.41) is 8.28. The number of anilines is 1. The standard InChI is InChI=1S/C11H9F3N4O2/c12-11(13,14)20-8-4-2-1-3-7(8)5-9(19)17-10-15-6-16-18-10/h1-4,6H,5H2,(H2,15,16,17,18,19). The number of carbonyl (C=O) groups excluding carboxylic acids is 1. The van der Waals surface area contributed by atoms with Gasteiger partial charge < -0.3 is 4.74 Å². The Bertz CT molecular complexity index is 584. The summed E-state index contributed by atoms with van der Waals surface area (Å²) in [6.45, 7) is 0. The van der Waals surface area contributed by atoms with Crippen LogP contribution in [0.3, 0.4) is 0 Å². The lowest BCUT2D eigenvalue weighted by Gasteiger charge is -2.12. The third kappa shape index (κ3) is 3.97. The van der Waals surface area contributed by atoms with E-state index in [1.807, 2.05) is 0 Å². The molecule has 9 heteroatoms. The number of benzene rings is 1. The minimum Gasteiger partial charge on any atom is -0.405 e. The number of aromatic nitrogens is 3. The first-order chi connectivity index (χ1) is 9.44. The maximum absolute atomic E-state index is 12.2. The van der Waals surface area contributed by atoms with Crippen molar-refractivity contribution in [3.63, 3.8) is 0 Å². The van der Waals surface area contributed by atoms with Crippen LogP contribution in [0, 0.1) is 0 Å². The van der Waals surface area contributed by atoms with Crippen LogP contribution in [0.1, 0.15) is 5.56 Å². The highest BCUT2D eigenvalue weighted by atomic mass is 19.4. The Morgan fingerprint density at radius 1 is 1.35 bits per heavy atom. The molecule has 0 atom stereocenters. The third-order valence-electron chi connectivity index (χ3n) is 2.22. The Hall–Kier alpha value is -2.58. The van der Waals surface area contributed by atoms with Gasteiger partial charge in [0.2, 0.25) is 11.9 Å². The Morgan fingerprint density at radius 2 is 2.10 bits per heavy atom. The molecule has 106 valence electrons. The van der Waals surface area contributed by atoms with Crippen LogP contribution in [0.15, 0.2) is 30.6 Å². The number of para-hydroxylation sites is 1. The molecule has 0 radical (unpaired) electrons. The van der Waals surface area contributed by atoms with Crippen LogP contribution in [-0.2, 0) is 11.2 Å². The Kier molecular flexibility index (Phi) is 3.87. The second-order valence-electron chi connectivity index (χ2n) is 3.71. The van der Waals surface area contributed by atoms with E-state index in [1.54, 1.807) is 0 Å². The average molecular weight is 286 g/mol. The highest BCUT2D eigenvalue weighted by Crippen LogP contribution is 2.26. The van der Waals surface area contributed by atoms with E-state index < -0.39 is 18.0 Å². The zero-order valence-electron chi connectivity index (χ0n) is 9.94. The molecule has 0 aliphatic carbocycles. The Labute approximate surface area is 111 Å². The van der Waals surface area contributed by atoms with Crippen LogP contribution >= 0.6 is 0 Å². The number of H-pyrrole nitrogens is 1. The number of ether oxygens (including phenoxy) is 1. The van der Waals surface area contributed by atoms with Gasteiger partial charge in [0.1, 0.15) is 12.1 Å². The van der Waals surface area contributed by atoms with Crippen molar-refractivity contribution in [1.82, 2.24) is 15.2 Å². The lowest BCUT2D eigenvalue weighted by Crippen LogP contribution is -2.20. The number of carbonyl (C=O) groups is 1. The van der Waals surface area contributed by atoms with Crippen LogP contribution in [0.2, 0.25) is 0 Å². The van der Waals surface area contributed by atoms with Crippen molar-refractivity contribution < 1.29 is 22.7 Å². The monoisotopic (exact) mass is 286 g/mol. The van der Waals surface area contributed by atoms with Crippen LogP contribution in [0.5, 0.6) is 5.75 Å². The molecule has 20 heavy (non-hydrogen) atoms. The molecule has 0 fully saturated rings. The minimum absolute atomic E-state index is 0.113. The lowest BCUT2D eigenvalue weighted by atomic mass is 10.1. The molecule has 1 heterocycles. The summed E-state index contributed by atoms with van der Waals surface area (Å²) >= 11 is 0. The maximum Gasteiger partial charge on any atom is 0.573 e. The number of halogens is 3. The molecule has 1 aromatic heterocycles. The van der Waals surface area contributed by atoms with Gasteiger partial charge in [-0.15, -0.1) is 13.2 Å². The molecule has 1 aromatic carbocycles. The van der Waals surface area contributed by atoms with Gasteiger partial charge in [0.25, 0.3) is 0 Å². The van der Waals surface area contributed by atoms with Crippen LogP contribution in [0.25, 0.3) is 0 Å². The summed E-state index contributed by atoms with van der Waals surface area (Å²) in [6.07, 6.45) is -3.90. The number of alkyl halides is 3. The fourth-order valence-corrected chi connectivity index (χ4v) is 1.49. The van der Waals surface area contributed by atoms with Crippen molar-refractivity contribution >= 4 is 11.9 Å². The molecule has 0 bridgehead atoms. The van der Waals surface area contributed by atoms with Gasteiger partial charge in [0.15, 0.2) is 0 Å². The molecule has 0 aliphatic rings. The number of nitrogens with zero attached hydrogens (tertiary/aromatic N) is 2. The number of nitrogens with one attached hydrogen (secondary N) is 2. The second kappa shape index (κ2) is 5.59. The predicted octanol–water partition coefficient (Wildman–Crippen LogP) is 1.88. The van der Waals surface area contributed by atoms with Crippen LogP contribution in [0.4, 0.5) is 19.1 Å². The Morgan fingerprint density at radius 3 is 2.75 bits per heavy atom. The minimum atomic E-state index is -4.81. The number of hydrogen-bond acceptors (Lipinski definition) is 4. The van der Waals surface area contributed by atoms with Crippen LogP contribution in [-0.4, -0.2) is 27.5 Å². The molecule has 0 aliphatic heterocycles. The lowest BCUT2D eigenvalue weighted by molar-refractivity contribution is -0.274. The first-order valence-electron chi connectivity index (χ1n) is 5.43. The van der Waals surface area contributed by atoms with Crippen molar-refractivity contribution in [3.05, 3.63) is 36.2 Å². The summed E-state index contributed by atoms with van der Waals surface area (Å²) in [6, 6.07) is 5.42. The zero-order chi connectivity index (χ0) is 14.6. The summed E-state index contributed by atoms with van der Waals surface area (Å²) in [7, 11) is 0. The highest BCUT2D eigenvalue weighted by Gasteiger charge is 2.32. The first kappa shape index (κ1) is 13.8. The number of aromatic amines is 1. The van der Waals surface area contributed by atoms with E-state index in [2.05, 4.69) is 25.2 Å². The molecule has 6 nitrogen and oxygen atoms in total. The number of hydrogen-bond donors (Lipinski definition) is 2. The maximum atomic E-state index is 12.2. The van der Waals surface area contributed by atoms with Gasteiger partial charge in [-0.1, -0.05) is 18.2 Å². The van der Waals surface area contributed by atoms with Crippen molar-refractivity contribution in [2.75, 3.05) is 5.32 Å². The van der Waals surface area contributed by atoms with Gasteiger partial charge in [-0.05, 0) is 6.07 Å². The number of amides is 1. The summed E-state index contributed by atoms with van der Waals surface area (Å²) in [4.78, 5) is 15.3. The molecule has 0 saturated carbocycles. The quantitative estimate of drug-likeness (QED) is 0.899. The molecule has 0 unspecified atom stereocenters. The van der Waals surface area contributed by atoms with Gasteiger partial charge in [-0.2, -0.15) is 10.1 Å². The van der Waals surface area contributed by atoms with E-state index in [0.717, 1.165) is 6.07 Å². The summed E-state index contributed by atoms with van der Waals surface area (Å²) in [5.74, 6) is -0.836. The van der Waals surface area contributed by atoms with Crippen molar-refractivity contribution in [2.24, 2.45) is 0 Å².